The molecule has 28 heavy (non-hydrogen) atoms. The second kappa shape index (κ2) is 14.8. The molecule has 2 unspecified atom stereocenters. The molecule has 2 atom stereocenters. The van der Waals surface area contributed by atoms with Gasteiger partial charge in [0.15, 0.2) is 5.79 Å². The molecule has 1 fully saturated rings. The molecular formula is C24H48O4. The number of ether oxygens (including phenoxy) is 4. The molecule has 0 aromatic heterocycles. The quantitative estimate of drug-likeness (QED) is 0.141. The van der Waals surface area contributed by atoms with Gasteiger partial charge < -0.3 is 18.9 Å². The summed E-state index contributed by atoms with van der Waals surface area (Å²) in [4.78, 5) is 0. The van der Waals surface area contributed by atoms with Gasteiger partial charge in [-0.25, -0.2) is 0 Å². The minimum absolute atomic E-state index is 0.161. The van der Waals surface area contributed by atoms with Crippen LogP contribution in [0.1, 0.15) is 106 Å². The number of unbranched alkanes of at least 4 members (excludes halogenated alkanes) is 5. The predicted molar refractivity (Wildman–Crippen MR) is 117 cm³/mol. The van der Waals surface area contributed by atoms with E-state index in [2.05, 4.69) is 41.5 Å². The zero-order valence-electron chi connectivity index (χ0n) is 19.6. The Kier molecular flexibility index (Phi) is 13.6. The minimum atomic E-state index is -0.481. The fourth-order valence-corrected chi connectivity index (χ4v) is 4.04. The Morgan fingerprint density at radius 3 is 1.96 bits per heavy atom. The largest absolute Gasteiger partial charge is 0.379 e. The van der Waals surface area contributed by atoms with Crippen LogP contribution in [0.3, 0.4) is 0 Å². The standard InChI is InChI=1S/C24H48O4/c1-7-9-10-11-12-13-15-22(16-14-17-25-18-23-19-26-23)24(8-2,27-20(3)4)28-21(5)6/h20-23H,7-19H2,1-6H3. The van der Waals surface area contributed by atoms with Gasteiger partial charge in [-0.05, 0) is 53.4 Å². The topological polar surface area (TPSA) is 40.2 Å². The Morgan fingerprint density at radius 2 is 1.43 bits per heavy atom. The summed E-state index contributed by atoms with van der Waals surface area (Å²) in [6.07, 6.45) is 12.8. The van der Waals surface area contributed by atoms with Crippen LogP contribution in [0.2, 0.25) is 0 Å². The van der Waals surface area contributed by atoms with Crippen molar-refractivity contribution in [3.05, 3.63) is 0 Å². The van der Waals surface area contributed by atoms with E-state index in [1.807, 2.05) is 0 Å². The van der Waals surface area contributed by atoms with Crippen molar-refractivity contribution in [3.63, 3.8) is 0 Å². The number of hydrogen-bond donors (Lipinski definition) is 0. The smallest absolute Gasteiger partial charge is 0.171 e. The van der Waals surface area contributed by atoms with Gasteiger partial charge in [0.25, 0.3) is 0 Å². The normalized spacial score (nSPS) is 18.2. The Bertz CT molecular complexity index is 356. The number of epoxide rings is 1. The highest BCUT2D eigenvalue weighted by atomic mass is 16.7. The summed E-state index contributed by atoms with van der Waals surface area (Å²) < 4.78 is 24.0. The molecule has 0 saturated carbocycles. The fraction of sp³-hybridized carbons (Fsp3) is 1.00. The first-order valence-electron chi connectivity index (χ1n) is 12.0. The first-order chi connectivity index (χ1) is 13.4. The maximum absolute atomic E-state index is 6.48. The van der Waals surface area contributed by atoms with Gasteiger partial charge in [0.2, 0.25) is 0 Å². The summed E-state index contributed by atoms with van der Waals surface area (Å²) in [5.74, 6) is -0.0695. The molecule has 0 N–H and O–H groups in total. The lowest BCUT2D eigenvalue weighted by molar-refractivity contribution is -0.299. The maximum atomic E-state index is 6.48. The molecule has 4 heteroatoms. The summed E-state index contributed by atoms with van der Waals surface area (Å²) >= 11 is 0. The zero-order valence-corrected chi connectivity index (χ0v) is 19.6. The second-order valence-electron chi connectivity index (χ2n) is 8.92. The van der Waals surface area contributed by atoms with Crippen LogP contribution in [0, 0.1) is 5.92 Å². The lowest BCUT2D eigenvalue weighted by atomic mass is 9.85. The molecule has 0 amide bonds. The summed E-state index contributed by atoms with van der Waals surface area (Å²) in [6.45, 7) is 15.4. The van der Waals surface area contributed by atoms with Crippen molar-refractivity contribution < 1.29 is 18.9 Å². The lowest BCUT2D eigenvalue weighted by Gasteiger charge is -2.43. The van der Waals surface area contributed by atoms with E-state index in [9.17, 15) is 0 Å². The molecule has 168 valence electrons. The summed E-state index contributed by atoms with van der Waals surface area (Å²) in [6, 6.07) is 0. The van der Waals surface area contributed by atoms with Gasteiger partial charge in [0.1, 0.15) is 6.10 Å². The molecule has 4 nitrogen and oxygen atoms in total. The SMILES string of the molecule is CCCCCCCCC(CCCOCC1CO1)C(CC)(OC(C)C)OC(C)C. The lowest BCUT2D eigenvalue weighted by Crippen LogP contribution is -2.46. The highest BCUT2D eigenvalue weighted by Gasteiger charge is 2.40. The van der Waals surface area contributed by atoms with Crippen LogP contribution in [0.25, 0.3) is 0 Å². The van der Waals surface area contributed by atoms with Crippen molar-refractivity contribution in [3.8, 4) is 0 Å². The van der Waals surface area contributed by atoms with E-state index in [1.54, 1.807) is 0 Å². The summed E-state index contributed by atoms with van der Waals surface area (Å²) in [5, 5.41) is 0. The van der Waals surface area contributed by atoms with E-state index in [4.69, 9.17) is 18.9 Å². The average Bonchev–Trinajstić information content (AvgIpc) is 3.45. The monoisotopic (exact) mass is 400 g/mol. The third kappa shape index (κ3) is 11.1. The van der Waals surface area contributed by atoms with Crippen molar-refractivity contribution in [1.29, 1.82) is 0 Å². The van der Waals surface area contributed by atoms with Gasteiger partial charge in [-0.3, -0.25) is 0 Å². The van der Waals surface area contributed by atoms with E-state index in [-0.39, 0.29) is 12.2 Å². The summed E-state index contributed by atoms with van der Waals surface area (Å²) in [5.41, 5.74) is 0. The molecule has 0 spiro atoms. The van der Waals surface area contributed by atoms with E-state index < -0.39 is 5.79 Å². The molecule has 0 aromatic rings. The Balaban J connectivity index is 2.62. The molecule has 0 aromatic carbocycles. The van der Waals surface area contributed by atoms with Crippen molar-refractivity contribution in [2.75, 3.05) is 19.8 Å². The van der Waals surface area contributed by atoms with Crippen LogP contribution in [0.15, 0.2) is 0 Å². The van der Waals surface area contributed by atoms with Crippen molar-refractivity contribution >= 4 is 0 Å². The van der Waals surface area contributed by atoms with Crippen LogP contribution in [-0.2, 0) is 18.9 Å². The van der Waals surface area contributed by atoms with Gasteiger partial charge in [-0.15, -0.1) is 0 Å². The fourth-order valence-electron chi connectivity index (χ4n) is 4.04. The first kappa shape index (κ1) is 25.9. The Labute approximate surface area is 175 Å². The third-order valence-electron chi connectivity index (χ3n) is 5.44. The van der Waals surface area contributed by atoms with Gasteiger partial charge >= 0.3 is 0 Å². The molecule has 1 aliphatic heterocycles. The van der Waals surface area contributed by atoms with Gasteiger partial charge in [-0.2, -0.15) is 0 Å². The van der Waals surface area contributed by atoms with Crippen molar-refractivity contribution in [2.45, 2.75) is 130 Å². The highest BCUT2D eigenvalue weighted by Crippen LogP contribution is 2.37. The van der Waals surface area contributed by atoms with Crippen LogP contribution >= 0.6 is 0 Å². The number of hydrogen-bond acceptors (Lipinski definition) is 4. The van der Waals surface area contributed by atoms with Gasteiger partial charge in [-0.1, -0.05) is 52.4 Å². The van der Waals surface area contributed by atoms with Crippen molar-refractivity contribution in [2.24, 2.45) is 5.92 Å². The molecule has 0 aliphatic carbocycles. The first-order valence-corrected chi connectivity index (χ1v) is 12.0. The van der Waals surface area contributed by atoms with Gasteiger partial charge in [0, 0.05) is 12.5 Å². The van der Waals surface area contributed by atoms with Gasteiger partial charge in [0.05, 0.1) is 25.4 Å². The van der Waals surface area contributed by atoms with Crippen LogP contribution < -0.4 is 0 Å². The third-order valence-corrected chi connectivity index (χ3v) is 5.44. The van der Waals surface area contributed by atoms with E-state index >= 15 is 0 Å². The molecule has 0 radical (unpaired) electrons. The second-order valence-corrected chi connectivity index (χ2v) is 8.92. The van der Waals surface area contributed by atoms with Crippen LogP contribution in [-0.4, -0.2) is 43.9 Å². The molecule has 0 bridgehead atoms. The highest BCUT2D eigenvalue weighted by molar-refractivity contribution is 4.81. The van der Waals surface area contributed by atoms with Crippen LogP contribution in [0.4, 0.5) is 0 Å². The van der Waals surface area contributed by atoms with Crippen LogP contribution in [0.5, 0.6) is 0 Å². The molecular weight excluding hydrogens is 352 g/mol. The minimum Gasteiger partial charge on any atom is -0.379 e. The van der Waals surface area contributed by atoms with E-state index in [0.717, 1.165) is 39.1 Å². The average molecular weight is 401 g/mol. The van der Waals surface area contributed by atoms with E-state index in [1.165, 1.54) is 44.9 Å². The van der Waals surface area contributed by atoms with E-state index in [0.29, 0.717) is 12.0 Å². The Hall–Kier alpha value is -0.160. The summed E-state index contributed by atoms with van der Waals surface area (Å²) in [7, 11) is 0. The van der Waals surface area contributed by atoms with Crippen molar-refractivity contribution in [1.82, 2.24) is 0 Å². The molecule has 1 heterocycles. The Morgan fingerprint density at radius 1 is 0.857 bits per heavy atom. The zero-order chi connectivity index (χ0) is 20.8. The predicted octanol–water partition coefficient (Wildman–Crippen LogP) is 6.51. The molecule has 1 saturated heterocycles. The number of rotatable bonds is 19. The maximum Gasteiger partial charge on any atom is 0.171 e. The molecule has 1 aliphatic rings. The molecule has 1 rings (SSSR count).